The van der Waals surface area contributed by atoms with Crippen LogP contribution in [0.15, 0.2) is 0 Å². The predicted octanol–water partition coefficient (Wildman–Crippen LogP) is 1.91. The molecule has 0 aliphatic carbocycles. The Kier molecular flexibility index (Phi) is 6.87. The third-order valence-corrected chi connectivity index (χ3v) is 4.57. The van der Waals surface area contributed by atoms with Crippen molar-refractivity contribution < 1.29 is 33.5 Å². The lowest BCUT2D eigenvalue weighted by Gasteiger charge is -2.56. The summed E-state index contributed by atoms with van der Waals surface area (Å²) in [5, 5.41) is 10.3. The zero-order chi connectivity index (χ0) is 18.8. The fraction of sp³-hybridized carbons (Fsp3) is 1.00. The van der Waals surface area contributed by atoms with Gasteiger partial charge in [-0.3, -0.25) is 0 Å². The molecule has 2 saturated heterocycles. The summed E-state index contributed by atoms with van der Waals surface area (Å²) in [7, 11) is 1.54. The maximum Gasteiger partial charge on any atom is 0.221 e. The number of hydrogen-bond donors (Lipinski definition) is 1. The first-order valence-corrected chi connectivity index (χ1v) is 9.08. The first kappa shape index (κ1) is 21.0. The zero-order valence-corrected chi connectivity index (χ0v) is 16.5. The van der Waals surface area contributed by atoms with Crippen molar-refractivity contribution in [2.24, 2.45) is 11.8 Å². The van der Waals surface area contributed by atoms with Gasteiger partial charge in [0.15, 0.2) is 6.29 Å². The topological polar surface area (TPSA) is 75.6 Å². The molecule has 0 radical (unpaired) electrons. The van der Waals surface area contributed by atoms with Gasteiger partial charge in [-0.05, 0) is 25.7 Å². The Balaban J connectivity index is 2.27. The molecule has 7 heteroatoms. The number of hydrogen-bond acceptors (Lipinski definition) is 7. The molecule has 0 bridgehead atoms. The monoisotopic (exact) mass is 362 g/mol. The molecule has 0 amide bonds. The lowest BCUT2D eigenvalue weighted by atomic mass is 9.98. The van der Waals surface area contributed by atoms with Crippen molar-refractivity contribution >= 4 is 0 Å². The number of methoxy groups -OCH3 is 1. The normalized spacial score (nSPS) is 42.0. The number of aliphatic hydroxyl groups excluding tert-OH is 1. The molecule has 1 N–H and O–H groups in total. The minimum absolute atomic E-state index is 0.118. The average Bonchev–Trinajstić information content (AvgIpc) is 2.54. The van der Waals surface area contributed by atoms with Gasteiger partial charge in [0, 0.05) is 7.11 Å². The van der Waals surface area contributed by atoms with Gasteiger partial charge in [-0.1, -0.05) is 27.7 Å². The second-order valence-electron chi connectivity index (χ2n) is 7.97. The van der Waals surface area contributed by atoms with E-state index in [1.807, 2.05) is 0 Å². The molecular formula is C18H34O7. The highest BCUT2D eigenvalue weighted by molar-refractivity contribution is 4.97. The summed E-state index contributed by atoms with van der Waals surface area (Å²) in [5.41, 5.74) is 0. The summed E-state index contributed by atoms with van der Waals surface area (Å²) in [6, 6.07) is 0. The van der Waals surface area contributed by atoms with E-state index in [1.54, 1.807) is 13.8 Å². The Hall–Kier alpha value is -0.280. The van der Waals surface area contributed by atoms with E-state index in [9.17, 15) is 5.11 Å². The highest BCUT2D eigenvalue weighted by atomic mass is 16.8. The molecule has 0 aromatic carbocycles. The van der Waals surface area contributed by atoms with E-state index in [1.165, 1.54) is 7.11 Å². The molecule has 0 aromatic heterocycles. The highest BCUT2D eigenvalue weighted by Gasteiger charge is 2.61. The van der Waals surface area contributed by atoms with Crippen LogP contribution in [0.4, 0.5) is 0 Å². The van der Waals surface area contributed by atoms with Crippen LogP contribution in [0, 0.1) is 11.8 Å². The SMILES string of the molecule is CO[C@H]1OC[C@H](O)[C@@H]2O[C@@](C)(OCC(C)C)[C@](C)(OCC(C)C)O[C@@H]12. The Bertz CT molecular complexity index is 430. The summed E-state index contributed by atoms with van der Waals surface area (Å²) < 4.78 is 35.6. The van der Waals surface area contributed by atoms with E-state index in [0.29, 0.717) is 25.0 Å². The number of aliphatic hydroxyl groups is 1. The van der Waals surface area contributed by atoms with E-state index in [0.717, 1.165) is 0 Å². The van der Waals surface area contributed by atoms with Crippen molar-refractivity contribution in [1.29, 1.82) is 0 Å². The Morgan fingerprint density at radius 2 is 1.44 bits per heavy atom. The van der Waals surface area contributed by atoms with E-state index in [2.05, 4.69) is 27.7 Å². The summed E-state index contributed by atoms with van der Waals surface area (Å²) >= 11 is 0. The van der Waals surface area contributed by atoms with E-state index < -0.39 is 36.2 Å². The molecule has 6 atom stereocenters. The van der Waals surface area contributed by atoms with Gasteiger partial charge in [0.25, 0.3) is 0 Å². The van der Waals surface area contributed by atoms with Crippen LogP contribution in [0.25, 0.3) is 0 Å². The Morgan fingerprint density at radius 1 is 0.960 bits per heavy atom. The van der Waals surface area contributed by atoms with Gasteiger partial charge in [0.2, 0.25) is 11.6 Å². The van der Waals surface area contributed by atoms with Crippen molar-refractivity contribution in [2.45, 2.75) is 77.7 Å². The van der Waals surface area contributed by atoms with Crippen LogP contribution in [0.3, 0.4) is 0 Å². The molecule has 2 rings (SSSR count). The molecule has 7 nitrogen and oxygen atoms in total. The van der Waals surface area contributed by atoms with Gasteiger partial charge in [-0.2, -0.15) is 0 Å². The van der Waals surface area contributed by atoms with Gasteiger partial charge < -0.3 is 33.5 Å². The van der Waals surface area contributed by atoms with Gasteiger partial charge in [-0.15, -0.1) is 0 Å². The van der Waals surface area contributed by atoms with Crippen LogP contribution in [-0.2, 0) is 28.4 Å². The van der Waals surface area contributed by atoms with Crippen molar-refractivity contribution in [2.75, 3.05) is 26.9 Å². The van der Waals surface area contributed by atoms with Gasteiger partial charge in [-0.25, -0.2) is 0 Å². The van der Waals surface area contributed by atoms with Crippen LogP contribution in [-0.4, -0.2) is 68.2 Å². The fourth-order valence-electron chi connectivity index (χ4n) is 2.94. The van der Waals surface area contributed by atoms with Crippen molar-refractivity contribution in [3.8, 4) is 0 Å². The smallest absolute Gasteiger partial charge is 0.221 e. The molecule has 2 heterocycles. The van der Waals surface area contributed by atoms with Crippen LogP contribution >= 0.6 is 0 Å². The van der Waals surface area contributed by atoms with Crippen LogP contribution in [0.2, 0.25) is 0 Å². The van der Waals surface area contributed by atoms with Crippen LogP contribution in [0.5, 0.6) is 0 Å². The van der Waals surface area contributed by atoms with Gasteiger partial charge in [0.05, 0.1) is 19.8 Å². The maximum absolute atomic E-state index is 10.3. The molecule has 25 heavy (non-hydrogen) atoms. The van der Waals surface area contributed by atoms with Crippen molar-refractivity contribution in [1.82, 2.24) is 0 Å². The van der Waals surface area contributed by atoms with E-state index >= 15 is 0 Å². The summed E-state index contributed by atoms with van der Waals surface area (Å²) in [6.45, 7) is 12.9. The van der Waals surface area contributed by atoms with Crippen molar-refractivity contribution in [3.63, 3.8) is 0 Å². The summed E-state index contributed by atoms with van der Waals surface area (Å²) in [5.74, 6) is -1.69. The Morgan fingerprint density at radius 3 is 1.88 bits per heavy atom. The lowest BCUT2D eigenvalue weighted by Crippen LogP contribution is -2.72. The number of ether oxygens (including phenoxy) is 6. The molecule has 0 unspecified atom stereocenters. The highest BCUT2D eigenvalue weighted by Crippen LogP contribution is 2.43. The minimum atomic E-state index is -1.16. The average molecular weight is 362 g/mol. The molecule has 2 aliphatic heterocycles. The molecule has 0 aromatic rings. The van der Waals surface area contributed by atoms with Crippen LogP contribution in [0.1, 0.15) is 41.5 Å². The molecule has 148 valence electrons. The van der Waals surface area contributed by atoms with E-state index in [-0.39, 0.29) is 6.61 Å². The third-order valence-electron chi connectivity index (χ3n) is 4.57. The zero-order valence-electron chi connectivity index (χ0n) is 16.5. The number of fused-ring (bicyclic) bond motifs is 1. The fourth-order valence-corrected chi connectivity index (χ4v) is 2.94. The van der Waals surface area contributed by atoms with Crippen LogP contribution < -0.4 is 0 Å². The summed E-state index contributed by atoms with van der Waals surface area (Å²) in [6.07, 6.45) is -2.69. The maximum atomic E-state index is 10.3. The molecule has 0 saturated carbocycles. The third kappa shape index (κ3) is 4.53. The van der Waals surface area contributed by atoms with Gasteiger partial charge in [0.1, 0.15) is 18.3 Å². The quantitative estimate of drug-likeness (QED) is 0.741. The molecular weight excluding hydrogens is 328 g/mol. The summed E-state index contributed by atoms with van der Waals surface area (Å²) in [4.78, 5) is 0. The lowest BCUT2D eigenvalue weighted by molar-refractivity contribution is -0.486. The van der Waals surface area contributed by atoms with Gasteiger partial charge >= 0.3 is 0 Å². The van der Waals surface area contributed by atoms with Crippen molar-refractivity contribution in [3.05, 3.63) is 0 Å². The molecule has 0 spiro atoms. The first-order chi connectivity index (χ1) is 11.6. The second-order valence-corrected chi connectivity index (χ2v) is 7.97. The number of rotatable bonds is 7. The first-order valence-electron chi connectivity index (χ1n) is 9.08. The predicted molar refractivity (Wildman–Crippen MR) is 90.9 cm³/mol. The molecule has 2 fully saturated rings. The molecule has 2 aliphatic rings. The van der Waals surface area contributed by atoms with E-state index in [4.69, 9.17) is 28.4 Å². The second kappa shape index (κ2) is 8.17. The minimum Gasteiger partial charge on any atom is -0.388 e. The largest absolute Gasteiger partial charge is 0.388 e. The Labute approximate surface area is 150 Å². The standard InChI is InChI=1S/C18H34O7/c1-11(2)8-22-17(5)18(6,23-9-12(3)4)25-15-14(24-17)13(19)10-21-16(15)20-7/h11-16,19H,8-10H2,1-7H3/t13-,14-,15+,16-,17+,18+/m0/s1.